The van der Waals surface area contributed by atoms with Gasteiger partial charge in [-0.25, -0.2) is 0 Å². The van der Waals surface area contributed by atoms with Crippen LogP contribution in [0.15, 0.2) is 24.3 Å². The van der Waals surface area contributed by atoms with Gasteiger partial charge in [-0.1, -0.05) is 26.0 Å². The number of rotatable bonds is 6. The fourth-order valence-electron chi connectivity index (χ4n) is 1.56. The van der Waals surface area contributed by atoms with Gasteiger partial charge in [-0.3, -0.25) is 4.79 Å². The maximum absolute atomic E-state index is 11.9. The Hall–Kier alpha value is -1.55. The fourth-order valence-corrected chi connectivity index (χ4v) is 1.56. The van der Waals surface area contributed by atoms with E-state index in [1.165, 1.54) is 0 Å². The molecule has 0 atom stereocenters. The predicted molar refractivity (Wildman–Crippen MR) is 78.3 cm³/mol. The van der Waals surface area contributed by atoms with Crippen LogP contribution in [0.2, 0.25) is 0 Å². The van der Waals surface area contributed by atoms with Crippen molar-refractivity contribution in [1.82, 2.24) is 0 Å². The van der Waals surface area contributed by atoms with Gasteiger partial charge in [-0.15, -0.1) is 0 Å². The number of carbonyl (C=O) groups excluding carboxylic acids is 1. The molecule has 1 aromatic rings. The summed E-state index contributed by atoms with van der Waals surface area (Å²) in [5.41, 5.74) is 6.01. The number of nitrogens with one attached hydrogen (secondary N) is 1. The Morgan fingerprint density at radius 2 is 2.00 bits per heavy atom. The normalized spacial score (nSPS) is 11.5. The summed E-state index contributed by atoms with van der Waals surface area (Å²) in [6.07, 6.45) is 0.269. The Bertz CT molecular complexity index is 422. The zero-order valence-electron chi connectivity index (χ0n) is 12.2. The van der Waals surface area contributed by atoms with E-state index in [0.29, 0.717) is 24.0 Å². The monoisotopic (exact) mass is 264 g/mol. The Balaban J connectivity index is 2.69. The van der Waals surface area contributed by atoms with E-state index in [0.717, 1.165) is 0 Å². The number of carbonyl (C=O) groups is 1. The highest BCUT2D eigenvalue weighted by molar-refractivity contribution is 5.92. The minimum absolute atomic E-state index is 0.104. The van der Waals surface area contributed by atoms with Crippen molar-refractivity contribution in [2.24, 2.45) is 11.7 Å². The highest BCUT2D eigenvalue weighted by atomic mass is 16.5. The van der Waals surface area contributed by atoms with Crippen LogP contribution in [0, 0.1) is 5.92 Å². The van der Waals surface area contributed by atoms with Crippen LogP contribution in [0.1, 0.15) is 34.1 Å². The Kier molecular flexibility index (Phi) is 5.36. The topological polar surface area (TPSA) is 64.3 Å². The molecule has 4 heteroatoms. The summed E-state index contributed by atoms with van der Waals surface area (Å²) in [6.45, 7) is 8.44. The maximum atomic E-state index is 11.9. The molecule has 1 rings (SSSR count). The zero-order chi connectivity index (χ0) is 14.5. The summed E-state index contributed by atoms with van der Waals surface area (Å²) < 4.78 is 5.68. The molecule has 0 heterocycles. The number of para-hydroxylation sites is 2. The number of nitrogens with two attached hydrogens (primary N) is 1. The molecule has 0 saturated carbocycles. The number of amides is 1. The van der Waals surface area contributed by atoms with Gasteiger partial charge in [0.2, 0.25) is 5.91 Å². The molecule has 3 N–H and O–H groups in total. The third-order valence-corrected chi connectivity index (χ3v) is 2.35. The minimum atomic E-state index is -0.516. The quantitative estimate of drug-likeness (QED) is 0.830. The van der Waals surface area contributed by atoms with Crippen LogP contribution < -0.4 is 15.8 Å². The molecule has 0 aliphatic carbocycles. The Morgan fingerprint density at radius 3 is 2.58 bits per heavy atom. The second kappa shape index (κ2) is 6.57. The molecule has 0 radical (unpaired) electrons. The van der Waals surface area contributed by atoms with Crippen LogP contribution in [0.4, 0.5) is 5.69 Å². The molecule has 0 aromatic heterocycles. The molecule has 0 unspecified atom stereocenters. The molecule has 0 fully saturated rings. The largest absolute Gasteiger partial charge is 0.491 e. The van der Waals surface area contributed by atoms with Gasteiger partial charge in [0.1, 0.15) is 5.75 Å². The highest BCUT2D eigenvalue weighted by Gasteiger charge is 2.17. The Morgan fingerprint density at radius 1 is 1.37 bits per heavy atom. The minimum Gasteiger partial charge on any atom is -0.491 e. The van der Waals surface area contributed by atoms with E-state index < -0.39 is 5.54 Å². The first-order valence-electron chi connectivity index (χ1n) is 6.58. The third-order valence-electron chi connectivity index (χ3n) is 2.35. The summed E-state index contributed by atoms with van der Waals surface area (Å²) >= 11 is 0. The molecule has 0 saturated heterocycles. The van der Waals surface area contributed by atoms with Crippen molar-refractivity contribution in [3.8, 4) is 5.75 Å². The molecular weight excluding hydrogens is 240 g/mol. The lowest BCUT2D eigenvalue weighted by Crippen LogP contribution is -2.36. The Labute approximate surface area is 115 Å². The summed E-state index contributed by atoms with van der Waals surface area (Å²) in [6, 6.07) is 7.44. The van der Waals surface area contributed by atoms with Gasteiger partial charge in [0.25, 0.3) is 0 Å². The van der Waals surface area contributed by atoms with Crippen molar-refractivity contribution in [1.29, 1.82) is 0 Å². The average molecular weight is 264 g/mol. The van der Waals surface area contributed by atoms with E-state index in [1.54, 1.807) is 0 Å². The third kappa shape index (κ3) is 6.25. The van der Waals surface area contributed by atoms with Crippen molar-refractivity contribution in [3.63, 3.8) is 0 Å². The average Bonchev–Trinajstić information content (AvgIpc) is 2.25. The molecule has 4 nitrogen and oxygen atoms in total. The van der Waals surface area contributed by atoms with Gasteiger partial charge >= 0.3 is 0 Å². The smallest absolute Gasteiger partial charge is 0.226 e. The lowest BCUT2D eigenvalue weighted by atomic mass is 10.0. The van der Waals surface area contributed by atoms with E-state index >= 15 is 0 Å². The number of anilines is 1. The van der Waals surface area contributed by atoms with Crippen LogP contribution >= 0.6 is 0 Å². The standard InChI is InChI=1S/C15H24N2O2/c1-11(2)10-19-13-8-6-5-7-12(13)17-14(18)9-15(3,4)16/h5-8,11H,9-10,16H2,1-4H3,(H,17,18). The van der Waals surface area contributed by atoms with Gasteiger partial charge < -0.3 is 15.8 Å². The van der Waals surface area contributed by atoms with Gasteiger partial charge in [0.05, 0.1) is 12.3 Å². The first-order valence-corrected chi connectivity index (χ1v) is 6.58. The fraction of sp³-hybridized carbons (Fsp3) is 0.533. The van der Waals surface area contributed by atoms with Crippen molar-refractivity contribution < 1.29 is 9.53 Å². The summed E-state index contributed by atoms with van der Waals surface area (Å²) in [7, 11) is 0. The summed E-state index contributed by atoms with van der Waals surface area (Å²) in [4.78, 5) is 11.9. The van der Waals surface area contributed by atoms with Crippen molar-refractivity contribution >= 4 is 11.6 Å². The highest BCUT2D eigenvalue weighted by Crippen LogP contribution is 2.24. The van der Waals surface area contributed by atoms with Crippen LogP contribution in [-0.4, -0.2) is 18.1 Å². The first-order chi connectivity index (χ1) is 8.78. The second-order valence-electron chi connectivity index (χ2n) is 5.91. The van der Waals surface area contributed by atoms with E-state index in [9.17, 15) is 4.79 Å². The molecular formula is C15H24N2O2. The molecule has 0 spiro atoms. The number of ether oxygens (including phenoxy) is 1. The molecule has 1 aromatic carbocycles. The lowest BCUT2D eigenvalue weighted by Gasteiger charge is -2.19. The molecule has 0 aliphatic rings. The summed E-state index contributed by atoms with van der Waals surface area (Å²) in [5, 5.41) is 2.85. The first kappa shape index (κ1) is 15.5. The van der Waals surface area contributed by atoms with E-state index in [1.807, 2.05) is 38.1 Å². The van der Waals surface area contributed by atoms with Crippen molar-refractivity contribution in [2.75, 3.05) is 11.9 Å². The van der Waals surface area contributed by atoms with Gasteiger partial charge in [0.15, 0.2) is 0 Å². The van der Waals surface area contributed by atoms with Crippen molar-refractivity contribution in [3.05, 3.63) is 24.3 Å². The van der Waals surface area contributed by atoms with E-state index in [4.69, 9.17) is 10.5 Å². The molecule has 0 bridgehead atoms. The number of benzene rings is 1. The van der Waals surface area contributed by atoms with Crippen LogP contribution in [-0.2, 0) is 4.79 Å². The number of hydrogen-bond acceptors (Lipinski definition) is 3. The van der Waals surface area contributed by atoms with E-state index in [2.05, 4.69) is 19.2 Å². The lowest BCUT2D eigenvalue weighted by molar-refractivity contribution is -0.117. The predicted octanol–water partition coefficient (Wildman–Crippen LogP) is 2.79. The molecule has 106 valence electrons. The SMILES string of the molecule is CC(C)COc1ccccc1NC(=O)CC(C)(C)N. The van der Waals surface area contributed by atoms with Gasteiger partial charge in [0, 0.05) is 12.0 Å². The van der Waals surface area contributed by atoms with Gasteiger partial charge in [-0.2, -0.15) is 0 Å². The van der Waals surface area contributed by atoms with Gasteiger partial charge in [-0.05, 0) is 31.9 Å². The van der Waals surface area contributed by atoms with Crippen molar-refractivity contribution in [2.45, 2.75) is 39.7 Å². The molecule has 19 heavy (non-hydrogen) atoms. The maximum Gasteiger partial charge on any atom is 0.226 e. The zero-order valence-corrected chi connectivity index (χ0v) is 12.2. The van der Waals surface area contributed by atoms with E-state index in [-0.39, 0.29) is 12.3 Å². The van der Waals surface area contributed by atoms with Crippen LogP contribution in [0.3, 0.4) is 0 Å². The van der Waals surface area contributed by atoms with Crippen LogP contribution in [0.25, 0.3) is 0 Å². The molecule has 0 aliphatic heterocycles. The number of hydrogen-bond donors (Lipinski definition) is 2. The molecule has 1 amide bonds. The van der Waals surface area contributed by atoms with Crippen LogP contribution in [0.5, 0.6) is 5.75 Å². The summed E-state index contributed by atoms with van der Waals surface area (Å²) in [5.74, 6) is 1.03. The second-order valence-corrected chi connectivity index (χ2v) is 5.91.